The van der Waals surface area contributed by atoms with Crippen molar-refractivity contribution >= 4 is 40.5 Å². The van der Waals surface area contributed by atoms with Crippen molar-refractivity contribution in [2.45, 2.75) is 32.6 Å². The Labute approximate surface area is 164 Å². The van der Waals surface area contributed by atoms with Crippen LogP contribution in [0, 0.1) is 0 Å². The van der Waals surface area contributed by atoms with Crippen molar-refractivity contribution in [3.8, 4) is 5.75 Å². The minimum Gasteiger partial charge on any atom is -0.491 e. The van der Waals surface area contributed by atoms with Crippen LogP contribution < -0.4 is 15.4 Å². The molecule has 2 N–H and O–H groups in total. The number of benzene rings is 2. The zero-order valence-electron chi connectivity index (χ0n) is 14.8. The zero-order valence-corrected chi connectivity index (χ0v) is 16.3. The van der Waals surface area contributed by atoms with Crippen LogP contribution in [0.3, 0.4) is 0 Å². The molecular formula is C20H23ClN2O2S. The number of carbonyl (C=O) groups is 1. The molecule has 2 aromatic carbocycles. The molecule has 0 heterocycles. The van der Waals surface area contributed by atoms with Gasteiger partial charge in [-0.15, -0.1) is 0 Å². The van der Waals surface area contributed by atoms with Crippen molar-refractivity contribution in [2.75, 3.05) is 11.9 Å². The highest BCUT2D eigenvalue weighted by Crippen LogP contribution is 2.24. The van der Waals surface area contributed by atoms with E-state index in [0.29, 0.717) is 30.2 Å². The molecule has 0 saturated carbocycles. The number of hydrogen-bond donors (Lipinski definition) is 2. The van der Waals surface area contributed by atoms with Crippen LogP contribution in [0.1, 0.15) is 31.7 Å². The summed E-state index contributed by atoms with van der Waals surface area (Å²) in [5.74, 6) is 0.556. The summed E-state index contributed by atoms with van der Waals surface area (Å²) in [5.41, 5.74) is 1.68. The van der Waals surface area contributed by atoms with Crippen LogP contribution in [0.4, 0.5) is 5.69 Å². The van der Waals surface area contributed by atoms with Gasteiger partial charge in [-0.1, -0.05) is 55.3 Å². The van der Waals surface area contributed by atoms with Crippen LogP contribution in [-0.4, -0.2) is 17.6 Å². The number of amides is 1. The second kappa shape index (κ2) is 10.8. The topological polar surface area (TPSA) is 50.4 Å². The van der Waals surface area contributed by atoms with Gasteiger partial charge in [-0.25, -0.2) is 0 Å². The maximum Gasteiger partial charge on any atom is 0.226 e. The molecule has 0 aromatic heterocycles. The number of para-hydroxylation sites is 2. The Balaban J connectivity index is 1.84. The molecule has 0 spiro atoms. The molecule has 138 valence electrons. The average Bonchev–Trinajstić information content (AvgIpc) is 2.62. The summed E-state index contributed by atoms with van der Waals surface area (Å²) >= 11 is 11.3. The lowest BCUT2D eigenvalue weighted by molar-refractivity contribution is -0.119. The Morgan fingerprint density at radius 2 is 1.88 bits per heavy atom. The van der Waals surface area contributed by atoms with Gasteiger partial charge in [-0.2, -0.15) is 0 Å². The lowest BCUT2D eigenvalue weighted by Crippen LogP contribution is -2.34. The van der Waals surface area contributed by atoms with E-state index in [4.69, 9.17) is 28.6 Å². The zero-order chi connectivity index (χ0) is 18.8. The monoisotopic (exact) mass is 390 g/mol. The molecule has 0 aliphatic rings. The van der Waals surface area contributed by atoms with Crippen LogP contribution in [0.2, 0.25) is 5.02 Å². The van der Waals surface area contributed by atoms with Gasteiger partial charge in [0.25, 0.3) is 0 Å². The predicted molar refractivity (Wildman–Crippen MR) is 111 cm³/mol. The van der Waals surface area contributed by atoms with Crippen molar-refractivity contribution in [2.24, 2.45) is 0 Å². The van der Waals surface area contributed by atoms with Gasteiger partial charge >= 0.3 is 0 Å². The van der Waals surface area contributed by atoms with Gasteiger partial charge in [0.1, 0.15) is 5.75 Å². The largest absolute Gasteiger partial charge is 0.491 e. The number of hydrogen-bond acceptors (Lipinski definition) is 3. The quantitative estimate of drug-likeness (QED) is 0.493. The highest BCUT2D eigenvalue weighted by molar-refractivity contribution is 7.80. The number of unbranched alkanes of at least 4 members (excludes halogenated alkanes) is 1. The van der Waals surface area contributed by atoms with E-state index in [-0.39, 0.29) is 11.0 Å². The van der Waals surface area contributed by atoms with Gasteiger partial charge in [-0.05, 0) is 48.8 Å². The average molecular weight is 391 g/mol. The highest BCUT2D eigenvalue weighted by Gasteiger charge is 2.09. The molecule has 26 heavy (non-hydrogen) atoms. The van der Waals surface area contributed by atoms with Crippen molar-refractivity contribution in [3.63, 3.8) is 0 Å². The van der Waals surface area contributed by atoms with E-state index in [1.165, 1.54) is 0 Å². The van der Waals surface area contributed by atoms with E-state index in [1.807, 2.05) is 48.5 Å². The van der Waals surface area contributed by atoms with Gasteiger partial charge in [0.05, 0.1) is 12.3 Å². The molecule has 0 fully saturated rings. The summed E-state index contributed by atoms with van der Waals surface area (Å²) in [6.45, 7) is 2.76. The molecule has 4 nitrogen and oxygen atoms in total. The van der Waals surface area contributed by atoms with Gasteiger partial charge < -0.3 is 15.4 Å². The molecule has 0 radical (unpaired) electrons. The number of carbonyl (C=O) groups excluding carboxylic acids is 1. The smallest absolute Gasteiger partial charge is 0.226 e. The van der Waals surface area contributed by atoms with E-state index in [9.17, 15) is 4.79 Å². The van der Waals surface area contributed by atoms with E-state index < -0.39 is 0 Å². The van der Waals surface area contributed by atoms with E-state index in [2.05, 4.69) is 17.6 Å². The standard InChI is InChI=1S/C20H23ClN2O2S/c1-2-3-14-25-18-11-7-6-10-17(18)22-20(26)23-19(24)13-12-15-8-4-5-9-16(15)21/h4-11H,2-3,12-14H2,1H3,(H2,22,23,24,26). The maximum atomic E-state index is 12.1. The van der Waals surface area contributed by atoms with Crippen LogP contribution in [-0.2, 0) is 11.2 Å². The van der Waals surface area contributed by atoms with E-state index in [1.54, 1.807) is 0 Å². The first-order chi connectivity index (χ1) is 12.6. The molecule has 0 atom stereocenters. The summed E-state index contributed by atoms with van der Waals surface area (Å²) in [6.07, 6.45) is 2.91. The van der Waals surface area contributed by atoms with Crippen LogP contribution in [0.25, 0.3) is 0 Å². The van der Waals surface area contributed by atoms with Crippen molar-refractivity contribution < 1.29 is 9.53 Å². The van der Waals surface area contributed by atoms with Crippen molar-refractivity contribution in [3.05, 3.63) is 59.1 Å². The molecule has 0 aliphatic heterocycles. The maximum absolute atomic E-state index is 12.1. The predicted octanol–water partition coefficient (Wildman–Crippen LogP) is 4.96. The lowest BCUT2D eigenvalue weighted by Gasteiger charge is -2.14. The SMILES string of the molecule is CCCCOc1ccccc1NC(=S)NC(=O)CCc1ccccc1Cl. The van der Waals surface area contributed by atoms with Crippen LogP contribution in [0.5, 0.6) is 5.75 Å². The number of halogens is 1. The van der Waals surface area contributed by atoms with Crippen LogP contribution in [0.15, 0.2) is 48.5 Å². The molecule has 0 bridgehead atoms. The van der Waals surface area contributed by atoms with E-state index in [0.717, 1.165) is 24.1 Å². The summed E-state index contributed by atoms with van der Waals surface area (Å²) in [6, 6.07) is 15.0. The molecule has 1 amide bonds. The molecule has 2 aromatic rings. The Hall–Kier alpha value is -2.11. The molecule has 6 heteroatoms. The minimum absolute atomic E-state index is 0.160. The second-order valence-corrected chi connectivity index (χ2v) is 6.61. The normalized spacial score (nSPS) is 10.2. The third kappa shape index (κ3) is 6.65. The summed E-state index contributed by atoms with van der Waals surface area (Å²) in [4.78, 5) is 12.1. The van der Waals surface area contributed by atoms with Gasteiger partial charge in [-0.3, -0.25) is 4.79 Å². The number of nitrogens with one attached hydrogen (secondary N) is 2. The van der Waals surface area contributed by atoms with Gasteiger partial charge in [0.15, 0.2) is 5.11 Å². The first-order valence-electron chi connectivity index (χ1n) is 8.66. The van der Waals surface area contributed by atoms with Crippen molar-refractivity contribution in [1.82, 2.24) is 5.32 Å². The fraction of sp³-hybridized carbons (Fsp3) is 0.300. The van der Waals surface area contributed by atoms with E-state index >= 15 is 0 Å². The molecule has 0 aliphatic carbocycles. The Bertz CT molecular complexity index is 752. The summed E-state index contributed by atoms with van der Waals surface area (Å²) < 4.78 is 5.75. The Morgan fingerprint density at radius 3 is 2.65 bits per heavy atom. The molecule has 2 rings (SSSR count). The first-order valence-corrected chi connectivity index (χ1v) is 9.45. The first kappa shape index (κ1) is 20.2. The molecule has 0 unspecified atom stereocenters. The molecule has 0 saturated heterocycles. The summed E-state index contributed by atoms with van der Waals surface area (Å²) in [7, 11) is 0. The third-order valence-electron chi connectivity index (χ3n) is 3.72. The fourth-order valence-electron chi connectivity index (χ4n) is 2.31. The second-order valence-electron chi connectivity index (χ2n) is 5.79. The van der Waals surface area contributed by atoms with Crippen molar-refractivity contribution in [1.29, 1.82) is 0 Å². The highest BCUT2D eigenvalue weighted by atomic mass is 35.5. The summed E-state index contributed by atoms with van der Waals surface area (Å²) in [5, 5.41) is 6.64. The Kier molecular flexibility index (Phi) is 8.38. The fourth-order valence-corrected chi connectivity index (χ4v) is 2.77. The van der Waals surface area contributed by atoms with Crippen LogP contribution >= 0.6 is 23.8 Å². The Morgan fingerprint density at radius 1 is 1.15 bits per heavy atom. The molecular weight excluding hydrogens is 368 g/mol. The number of aryl methyl sites for hydroxylation is 1. The van der Waals surface area contributed by atoms with Gasteiger partial charge in [0, 0.05) is 11.4 Å². The number of rotatable bonds is 8. The lowest BCUT2D eigenvalue weighted by atomic mass is 10.1. The third-order valence-corrected chi connectivity index (χ3v) is 4.30. The van der Waals surface area contributed by atoms with Gasteiger partial charge in [0.2, 0.25) is 5.91 Å². The minimum atomic E-state index is -0.160. The number of ether oxygens (including phenoxy) is 1. The number of anilines is 1. The number of thiocarbonyl (C=S) groups is 1.